The SMILES string of the molecule is CCc1occc1C(=O)Nc1ccccc1C(C)N. The Morgan fingerprint density at radius 1 is 1.37 bits per heavy atom. The van der Waals surface area contributed by atoms with E-state index in [0.717, 1.165) is 11.3 Å². The minimum absolute atomic E-state index is 0.133. The van der Waals surface area contributed by atoms with Gasteiger partial charge in [-0.2, -0.15) is 0 Å². The Hall–Kier alpha value is -2.07. The van der Waals surface area contributed by atoms with Crippen LogP contribution in [0.4, 0.5) is 5.69 Å². The van der Waals surface area contributed by atoms with E-state index in [1.807, 2.05) is 38.1 Å². The number of nitrogens with one attached hydrogen (secondary N) is 1. The van der Waals surface area contributed by atoms with E-state index in [1.165, 1.54) is 6.26 Å². The Morgan fingerprint density at radius 3 is 2.79 bits per heavy atom. The molecule has 0 saturated heterocycles. The second-order valence-electron chi connectivity index (χ2n) is 4.44. The summed E-state index contributed by atoms with van der Waals surface area (Å²) in [6.07, 6.45) is 2.22. The van der Waals surface area contributed by atoms with E-state index in [2.05, 4.69) is 5.32 Å². The third-order valence-corrected chi connectivity index (χ3v) is 3.01. The van der Waals surface area contributed by atoms with Crippen LogP contribution in [0, 0.1) is 0 Å². The largest absolute Gasteiger partial charge is 0.469 e. The van der Waals surface area contributed by atoms with E-state index < -0.39 is 0 Å². The first-order chi connectivity index (χ1) is 9.13. The van der Waals surface area contributed by atoms with Crippen LogP contribution in [0.2, 0.25) is 0 Å². The molecule has 0 aliphatic heterocycles. The van der Waals surface area contributed by atoms with Crippen molar-refractivity contribution in [3.63, 3.8) is 0 Å². The van der Waals surface area contributed by atoms with E-state index >= 15 is 0 Å². The Balaban J connectivity index is 2.24. The van der Waals surface area contributed by atoms with E-state index in [0.29, 0.717) is 17.7 Å². The molecule has 100 valence electrons. The lowest BCUT2D eigenvalue weighted by atomic mass is 10.1. The molecule has 1 unspecified atom stereocenters. The van der Waals surface area contributed by atoms with E-state index in [1.54, 1.807) is 6.07 Å². The molecule has 1 amide bonds. The highest BCUT2D eigenvalue weighted by Gasteiger charge is 2.15. The van der Waals surface area contributed by atoms with Gasteiger partial charge in [-0.15, -0.1) is 0 Å². The molecule has 19 heavy (non-hydrogen) atoms. The summed E-state index contributed by atoms with van der Waals surface area (Å²) >= 11 is 0. The van der Waals surface area contributed by atoms with Crippen LogP contribution in [-0.2, 0) is 6.42 Å². The van der Waals surface area contributed by atoms with Gasteiger partial charge in [0.1, 0.15) is 5.76 Å². The number of aryl methyl sites for hydroxylation is 1. The van der Waals surface area contributed by atoms with E-state index in [9.17, 15) is 4.79 Å². The zero-order valence-corrected chi connectivity index (χ0v) is 11.1. The summed E-state index contributed by atoms with van der Waals surface area (Å²) in [5, 5.41) is 2.89. The number of amides is 1. The van der Waals surface area contributed by atoms with Gasteiger partial charge in [0.05, 0.1) is 11.8 Å². The van der Waals surface area contributed by atoms with Crippen LogP contribution in [0.25, 0.3) is 0 Å². The lowest BCUT2D eigenvalue weighted by molar-refractivity contribution is 0.102. The third kappa shape index (κ3) is 2.85. The summed E-state index contributed by atoms with van der Waals surface area (Å²) in [6.45, 7) is 3.84. The summed E-state index contributed by atoms with van der Waals surface area (Å²) in [4.78, 5) is 12.2. The summed E-state index contributed by atoms with van der Waals surface area (Å²) in [6, 6.07) is 9.09. The minimum atomic E-state index is -0.168. The van der Waals surface area contributed by atoms with Crippen molar-refractivity contribution >= 4 is 11.6 Å². The molecule has 1 aromatic heterocycles. The van der Waals surface area contributed by atoms with Crippen molar-refractivity contribution in [3.05, 3.63) is 53.5 Å². The molecular weight excluding hydrogens is 240 g/mol. The standard InChI is InChI=1S/C15H18N2O2/c1-3-14-12(8-9-19-14)15(18)17-13-7-5-4-6-11(13)10(2)16/h4-10H,3,16H2,1-2H3,(H,17,18). The molecule has 0 spiro atoms. The quantitative estimate of drug-likeness (QED) is 0.885. The maximum Gasteiger partial charge on any atom is 0.259 e. The lowest BCUT2D eigenvalue weighted by Gasteiger charge is -2.13. The van der Waals surface area contributed by atoms with Gasteiger partial charge in [-0.05, 0) is 24.6 Å². The third-order valence-electron chi connectivity index (χ3n) is 3.01. The number of hydrogen-bond acceptors (Lipinski definition) is 3. The van der Waals surface area contributed by atoms with Crippen molar-refractivity contribution < 1.29 is 9.21 Å². The Labute approximate surface area is 112 Å². The van der Waals surface area contributed by atoms with Gasteiger partial charge in [-0.3, -0.25) is 4.79 Å². The molecule has 4 heteroatoms. The fourth-order valence-corrected chi connectivity index (χ4v) is 2.01. The molecule has 4 nitrogen and oxygen atoms in total. The first-order valence-electron chi connectivity index (χ1n) is 6.35. The first kappa shape index (κ1) is 13.4. The van der Waals surface area contributed by atoms with Crippen molar-refractivity contribution in [1.29, 1.82) is 0 Å². The van der Waals surface area contributed by atoms with Gasteiger partial charge in [0.2, 0.25) is 0 Å². The Bertz CT molecular complexity index is 573. The Kier molecular flexibility index (Phi) is 4.02. The van der Waals surface area contributed by atoms with Crippen LogP contribution >= 0.6 is 0 Å². The van der Waals surface area contributed by atoms with Crippen LogP contribution in [0.1, 0.15) is 41.6 Å². The van der Waals surface area contributed by atoms with Gasteiger partial charge in [-0.1, -0.05) is 25.1 Å². The number of anilines is 1. The van der Waals surface area contributed by atoms with Gasteiger partial charge in [-0.25, -0.2) is 0 Å². The number of hydrogen-bond donors (Lipinski definition) is 2. The molecule has 2 aromatic rings. The minimum Gasteiger partial charge on any atom is -0.469 e. The first-order valence-corrected chi connectivity index (χ1v) is 6.35. The monoisotopic (exact) mass is 258 g/mol. The maximum atomic E-state index is 12.2. The predicted molar refractivity (Wildman–Crippen MR) is 75.1 cm³/mol. The number of furan rings is 1. The van der Waals surface area contributed by atoms with E-state index in [4.69, 9.17) is 10.2 Å². The molecule has 0 aliphatic rings. The molecule has 0 radical (unpaired) electrons. The van der Waals surface area contributed by atoms with Gasteiger partial charge < -0.3 is 15.5 Å². The van der Waals surface area contributed by atoms with Crippen molar-refractivity contribution in [2.24, 2.45) is 5.73 Å². The van der Waals surface area contributed by atoms with Crippen molar-refractivity contribution in [1.82, 2.24) is 0 Å². The second-order valence-corrected chi connectivity index (χ2v) is 4.44. The van der Waals surface area contributed by atoms with Crippen molar-refractivity contribution in [2.75, 3.05) is 5.32 Å². The summed E-state index contributed by atoms with van der Waals surface area (Å²) in [5.41, 5.74) is 8.12. The van der Waals surface area contributed by atoms with Crippen LogP contribution in [-0.4, -0.2) is 5.91 Å². The maximum absolute atomic E-state index is 12.2. The van der Waals surface area contributed by atoms with Gasteiger partial charge in [0.15, 0.2) is 0 Å². The molecule has 1 heterocycles. The zero-order valence-electron chi connectivity index (χ0n) is 11.1. The molecule has 3 N–H and O–H groups in total. The van der Waals surface area contributed by atoms with Gasteiger partial charge in [0, 0.05) is 18.2 Å². The molecule has 0 saturated carbocycles. The average Bonchev–Trinajstić information content (AvgIpc) is 2.87. The van der Waals surface area contributed by atoms with Crippen LogP contribution in [0.5, 0.6) is 0 Å². The van der Waals surface area contributed by atoms with Crippen LogP contribution in [0.15, 0.2) is 41.0 Å². The van der Waals surface area contributed by atoms with E-state index in [-0.39, 0.29) is 11.9 Å². The number of rotatable bonds is 4. The fourth-order valence-electron chi connectivity index (χ4n) is 2.01. The summed E-state index contributed by atoms with van der Waals surface area (Å²) in [7, 11) is 0. The highest BCUT2D eigenvalue weighted by Crippen LogP contribution is 2.22. The Morgan fingerprint density at radius 2 is 2.11 bits per heavy atom. The number of carbonyl (C=O) groups excluding carboxylic acids is 1. The topological polar surface area (TPSA) is 68.3 Å². The summed E-state index contributed by atoms with van der Waals surface area (Å²) < 4.78 is 5.26. The molecule has 1 atom stereocenters. The van der Waals surface area contributed by atoms with Gasteiger partial charge in [0.25, 0.3) is 5.91 Å². The van der Waals surface area contributed by atoms with Crippen molar-refractivity contribution in [3.8, 4) is 0 Å². The van der Waals surface area contributed by atoms with Gasteiger partial charge >= 0.3 is 0 Å². The molecule has 0 bridgehead atoms. The molecule has 0 aliphatic carbocycles. The van der Waals surface area contributed by atoms with Crippen molar-refractivity contribution in [2.45, 2.75) is 26.3 Å². The lowest BCUT2D eigenvalue weighted by Crippen LogP contribution is -2.16. The second kappa shape index (κ2) is 5.71. The molecule has 2 rings (SSSR count). The van der Waals surface area contributed by atoms with Crippen LogP contribution in [0.3, 0.4) is 0 Å². The number of benzene rings is 1. The average molecular weight is 258 g/mol. The normalized spacial score (nSPS) is 12.2. The molecular formula is C15H18N2O2. The number of para-hydroxylation sites is 1. The number of carbonyl (C=O) groups is 1. The highest BCUT2D eigenvalue weighted by atomic mass is 16.3. The molecule has 1 aromatic carbocycles. The fraction of sp³-hybridized carbons (Fsp3) is 0.267. The summed E-state index contributed by atoms with van der Waals surface area (Å²) in [5.74, 6) is 0.523. The highest BCUT2D eigenvalue weighted by molar-refractivity contribution is 6.05. The predicted octanol–water partition coefficient (Wildman–Crippen LogP) is 3.11. The molecule has 0 fully saturated rings. The zero-order chi connectivity index (χ0) is 13.8. The number of nitrogens with two attached hydrogens (primary N) is 1. The smallest absolute Gasteiger partial charge is 0.259 e. The van der Waals surface area contributed by atoms with Crippen LogP contribution < -0.4 is 11.1 Å².